The van der Waals surface area contributed by atoms with E-state index in [-0.39, 0.29) is 13.0 Å². The van der Waals surface area contributed by atoms with Gasteiger partial charge in [-0.05, 0) is 12.0 Å². The third-order valence-electron chi connectivity index (χ3n) is 5.32. The Kier molecular flexibility index (Phi) is 9.79. The van der Waals surface area contributed by atoms with Gasteiger partial charge in [0, 0.05) is 19.6 Å². The average molecular weight is 533 g/mol. The fourth-order valence-electron chi connectivity index (χ4n) is 3.37. The molecule has 16 nitrogen and oxygen atoms in total. The first kappa shape index (κ1) is 27.7. The van der Waals surface area contributed by atoms with Gasteiger partial charge in [0.25, 0.3) is 5.91 Å². The molecular formula is C22H28N8O8. The molecule has 204 valence electrons. The maximum Gasteiger partial charge on any atom is 0.408 e. The van der Waals surface area contributed by atoms with Gasteiger partial charge in [0.2, 0.25) is 17.8 Å². The highest BCUT2D eigenvalue weighted by molar-refractivity contribution is 6.08. The highest BCUT2D eigenvalue weighted by Gasteiger charge is 2.40. The number of amides is 6. The maximum absolute atomic E-state index is 12.5. The van der Waals surface area contributed by atoms with Gasteiger partial charge in [-0.1, -0.05) is 30.3 Å². The summed E-state index contributed by atoms with van der Waals surface area (Å²) >= 11 is 0. The molecule has 0 aliphatic carbocycles. The van der Waals surface area contributed by atoms with Crippen molar-refractivity contribution in [1.82, 2.24) is 37.0 Å². The van der Waals surface area contributed by atoms with Crippen molar-refractivity contribution < 1.29 is 38.6 Å². The van der Waals surface area contributed by atoms with E-state index in [1.165, 1.54) is 0 Å². The number of hydrazine groups is 1. The summed E-state index contributed by atoms with van der Waals surface area (Å²) in [4.78, 5) is 77.2. The van der Waals surface area contributed by atoms with Crippen LogP contribution < -0.4 is 32.1 Å². The molecule has 1 saturated heterocycles. The number of hydrogen-bond donors (Lipinski definition) is 7. The first-order chi connectivity index (χ1) is 18.2. The molecular weight excluding hydrogens is 504 g/mol. The zero-order valence-electron chi connectivity index (χ0n) is 20.2. The van der Waals surface area contributed by atoms with Crippen molar-refractivity contribution >= 4 is 41.8 Å². The number of carbonyl (C=O) groups is 6. The van der Waals surface area contributed by atoms with Crippen LogP contribution in [0.25, 0.3) is 0 Å². The van der Waals surface area contributed by atoms with E-state index >= 15 is 0 Å². The van der Waals surface area contributed by atoms with E-state index in [1.807, 2.05) is 0 Å². The number of urea groups is 1. The van der Waals surface area contributed by atoms with Crippen LogP contribution in [0, 0.1) is 0 Å². The lowest BCUT2D eigenvalue weighted by atomic mass is 10.2. The van der Waals surface area contributed by atoms with E-state index < -0.39 is 61.0 Å². The predicted molar refractivity (Wildman–Crippen MR) is 129 cm³/mol. The number of nitrogens with zero attached hydrogens (tertiary/aromatic N) is 2. The van der Waals surface area contributed by atoms with Crippen LogP contribution in [0.2, 0.25) is 0 Å². The number of carbonyl (C=O) groups excluding carboxylic acids is 5. The van der Waals surface area contributed by atoms with Crippen molar-refractivity contribution in [2.75, 3.05) is 26.2 Å². The minimum Gasteiger partial charge on any atom is -0.480 e. The summed E-state index contributed by atoms with van der Waals surface area (Å²) in [5, 5.41) is 18.9. The second kappa shape index (κ2) is 13.4. The van der Waals surface area contributed by atoms with Crippen molar-refractivity contribution in [2.45, 2.75) is 31.5 Å². The zero-order valence-corrected chi connectivity index (χ0v) is 20.2. The zero-order chi connectivity index (χ0) is 27.5. The number of alkyl carbamates (subject to hydrolysis) is 1. The molecule has 0 radical (unpaired) electrons. The maximum atomic E-state index is 12.5. The lowest BCUT2D eigenvalue weighted by Gasteiger charge is -2.17. The van der Waals surface area contributed by atoms with Crippen LogP contribution >= 0.6 is 0 Å². The summed E-state index contributed by atoms with van der Waals surface area (Å²) in [6.45, 7) is -0.0444. The number of guanidine groups is 1. The number of imide groups is 1. The van der Waals surface area contributed by atoms with Gasteiger partial charge in [-0.25, -0.2) is 14.4 Å². The van der Waals surface area contributed by atoms with Gasteiger partial charge in [0.05, 0.1) is 6.42 Å². The summed E-state index contributed by atoms with van der Waals surface area (Å²) in [6.07, 6.45) is -0.537. The minimum absolute atomic E-state index is 0.0849. The van der Waals surface area contributed by atoms with E-state index in [2.05, 4.69) is 37.1 Å². The van der Waals surface area contributed by atoms with E-state index in [0.717, 1.165) is 6.42 Å². The number of nitrogens with one attached hydrogen (secondary N) is 6. The van der Waals surface area contributed by atoms with Gasteiger partial charge >= 0.3 is 18.1 Å². The quantitative estimate of drug-likeness (QED) is 0.127. The third kappa shape index (κ3) is 8.35. The molecule has 3 rings (SSSR count). The first-order valence-electron chi connectivity index (χ1n) is 11.6. The second-order valence-corrected chi connectivity index (χ2v) is 8.22. The van der Waals surface area contributed by atoms with Crippen LogP contribution in [0.1, 0.15) is 18.4 Å². The number of carboxylic acids is 1. The van der Waals surface area contributed by atoms with Crippen LogP contribution in [0.4, 0.5) is 9.59 Å². The summed E-state index contributed by atoms with van der Waals surface area (Å²) in [6, 6.07) is 5.12. The first-order valence-corrected chi connectivity index (χ1v) is 11.6. The fourth-order valence-corrected chi connectivity index (χ4v) is 3.37. The smallest absolute Gasteiger partial charge is 0.408 e. The van der Waals surface area contributed by atoms with Gasteiger partial charge in [-0.15, -0.1) is 0 Å². The topological polar surface area (TPSA) is 220 Å². The SMILES string of the molecule is O=C(CN1C(=O)N[C@@H](CC(=O)NNC2=NCCCN2)C1=O)NC[C@H](NC(=O)OCc1ccccc1)C(=O)O. The monoisotopic (exact) mass is 532 g/mol. The molecule has 2 atom stereocenters. The Hall–Kier alpha value is -4.89. The number of benzene rings is 1. The van der Waals surface area contributed by atoms with Crippen LogP contribution in [0.3, 0.4) is 0 Å². The highest BCUT2D eigenvalue weighted by Crippen LogP contribution is 2.09. The van der Waals surface area contributed by atoms with Crippen molar-refractivity contribution in [1.29, 1.82) is 0 Å². The van der Waals surface area contributed by atoms with Gasteiger partial charge in [-0.3, -0.25) is 35.1 Å². The minimum atomic E-state index is -1.53. The third-order valence-corrected chi connectivity index (χ3v) is 5.32. The second-order valence-electron chi connectivity index (χ2n) is 8.22. The van der Waals surface area contributed by atoms with Gasteiger partial charge in [0.1, 0.15) is 25.2 Å². The van der Waals surface area contributed by atoms with Crippen LogP contribution in [0.5, 0.6) is 0 Å². The molecule has 0 bridgehead atoms. The Morgan fingerprint density at radius 1 is 1.16 bits per heavy atom. The summed E-state index contributed by atoms with van der Waals surface area (Å²) in [7, 11) is 0. The van der Waals surface area contributed by atoms with Gasteiger partial charge in [0.15, 0.2) is 0 Å². The largest absolute Gasteiger partial charge is 0.480 e. The molecule has 0 spiro atoms. The Balaban J connectivity index is 1.41. The van der Waals surface area contributed by atoms with Crippen LogP contribution in [0.15, 0.2) is 35.3 Å². The summed E-state index contributed by atoms with van der Waals surface area (Å²) < 4.78 is 4.97. The molecule has 0 unspecified atom stereocenters. The Morgan fingerprint density at radius 2 is 1.92 bits per heavy atom. The van der Waals surface area contributed by atoms with E-state index in [0.29, 0.717) is 29.5 Å². The van der Waals surface area contributed by atoms with Crippen molar-refractivity contribution in [3.8, 4) is 0 Å². The molecule has 7 N–H and O–H groups in total. The van der Waals surface area contributed by atoms with E-state index in [1.54, 1.807) is 30.3 Å². The van der Waals surface area contributed by atoms with Gasteiger partial charge in [-0.2, -0.15) is 0 Å². The average Bonchev–Trinajstić information content (AvgIpc) is 3.16. The van der Waals surface area contributed by atoms with Gasteiger partial charge < -0.3 is 31.1 Å². The number of ether oxygens (including phenoxy) is 1. The molecule has 2 aliphatic rings. The number of carboxylic acid groups (broad SMARTS) is 1. The van der Waals surface area contributed by atoms with E-state index in [4.69, 9.17) is 4.74 Å². The molecule has 6 amide bonds. The van der Waals surface area contributed by atoms with Crippen LogP contribution in [-0.4, -0.2) is 90.0 Å². The number of hydrogen-bond acceptors (Lipinski definition) is 10. The molecule has 16 heteroatoms. The molecule has 1 aromatic carbocycles. The Morgan fingerprint density at radius 3 is 2.61 bits per heavy atom. The fraction of sp³-hybridized carbons (Fsp3) is 0.409. The molecule has 2 aliphatic heterocycles. The molecule has 2 heterocycles. The Bertz CT molecular complexity index is 1100. The summed E-state index contributed by atoms with van der Waals surface area (Å²) in [5.41, 5.74) is 5.64. The number of aliphatic imine (C=N–C) groups is 1. The van der Waals surface area contributed by atoms with Crippen molar-refractivity contribution in [2.24, 2.45) is 4.99 Å². The molecule has 38 heavy (non-hydrogen) atoms. The lowest BCUT2D eigenvalue weighted by molar-refractivity contribution is -0.139. The summed E-state index contributed by atoms with van der Waals surface area (Å²) in [5.74, 6) is -3.31. The lowest BCUT2D eigenvalue weighted by Crippen LogP contribution is -2.51. The standard InChI is InChI=1S/C22H28N8O8/c31-16(28-29-20-23-7-4-8-24-20)9-14-18(33)30(21(36)26-14)11-17(32)25-10-15(19(34)35)27-22(37)38-12-13-5-2-1-3-6-13/h1-3,5-6,14-15H,4,7-12H2,(H,25,32)(H,26,36)(H,27,37)(H,28,31)(H,34,35)(H2,23,24,29)/t14-,15-/m0/s1. The number of aliphatic carboxylic acids is 1. The molecule has 1 aromatic rings. The molecule has 0 saturated carbocycles. The van der Waals surface area contributed by atoms with E-state index in [9.17, 15) is 33.9 Å². The van der Waals surface area contributed by atoms with Crippen molar-refractivity contribution in [3.63, 3.8) is 0 Å². The van der Waals surface area contributed by atoms with Crippen molar-refractivity contribution in [3.05, 3.63) is 35.9 Å². The van der Waals surface area contributed by atoms with Crippen LogP contribution in [-0.2, 0) is 30.5 Å². The molecule has 1 fully saturated rings. The Labute approximate surface area is 216 Å². The highest BCUT2D eigenvalue weighted by atomic mass is 16.5. The number of rotatable bonds is 10. The predicted octanol–water partition coefficient (Wildman–Crippen LogP) is -2.24. The normalized spacial score (nSPS) is 17.3. The molecule has 0 aromatic heterocycles.